The Morgan fingerprint density at radius 2 is 2.11 bits per heavy atom. The van der Waals surface area contributed by atoms with E-state index in [9.17, 15) is 0 Å². The van der Waals surface area contributed by atoms with Crippen molar-refractivity contribution in [2.45, 2.75) is 51.2 Å². The van der Waals surface area contributed by atoms with Crippen LogP contribution in [-0.4, -0.2) is 48.6 Å². The Balaban J connectivity index is 1.84. The number of rotatable bonds is 6. The maximum Gasteiger partial charge on any atom is 0.0147 e. The second-order valence-corrected chi connectivity index (χ2v) is 7.85. The van der Waals surface area contributed by atoms with Crippen molar-refractivity contribution in [3.63, 3.8) is 0 Å². The molecule has 0 aromatic heterocycles. The van der Waals surface area contributed by atoms with Gasteiger partial charge in [0.25, 0.3) is 0 Å². The van der Waals surface area contributed by atoms with Crippen molar-refractivity contribution >= 4 is 11.8 Å². The lowest BCUT2D eigenvalue weighted by atomic mass is 9.85. The third-order valence-electron chi connectivity index (χ3n) is 4.48. The number of hydrogen-bond donors (Lipinski definition) is 1. The van der Waals surface area contributed by atoms with Crippen LogP contribution in [0.25, 0.3) is 0 Å². The Hall–Kier alpha value is 0.270. The fourth-order valence-corrected chi connectivity index (χ4v) is 4.64. The molecule has 1 heterocycles. The number of nitrogens with one attached hydrogen (secondary N) is 1. The van der Waals surface area contributed by atoms with Gasteiger partial charge in [-0.3, -0.25) is 0 Å². The average molecular weight is 270 g/mol. The zero-order valence-electron chi connectivity index (χ0n) is 12.2. The normalized spacial score (nSPS) is 28.7. The molecule has 2 aliphatic rings. The Morgan fingerprint density at radius 1 is 1.33 bits per heavy atom. The topological polar surface area (TPSA) is 15.3 Å². The van der Waals surface area contributed by atoms with Gasteiger partial charge in [-0.05, 0) is 31.2 Å². The molecule has 1 N–H and O–H groups in total. The lowest BCUT2D eigenvalue weighted by Gasteiger charge is -2.39. The summed E-state index contributed by atoms with van der Waals surface area (Å²) in [4.78, 5) is 2.74. The van der Waals surface area contributed by atoms with E-state index >= 15 is 0 Å². The Kier molecular flexibility index (Phi) is 5.84. The van der Waals surface area contributed by atoms with Gasteiger partial charge in [0.1, 0.15) is 0 Å². The van der Waals surface area contributed by atoms with Crippen LogP contribution in [0.3, 0.4) is 0 Å². The minimum atomic E-state index is 0.594. The van der Waals surface area contributed by atoms with E-state index in [1.807, 2.05) is 0 Å². The molecule has 0 amide bonds. The molecule has 2 nitrogen and oxygen atoms in total. The molecule has 0 bridgehead atoms. The van der Waals surface area contributed by atoms with Gasteiger partial charge in [0.15, 0.2) is 0 Å². The van der Waals surface area contributed by atoms with Gasteiger partial charge in [0, 0.05) is 37.2 Å². The predicted molar refractivity (Wildman–Crippen MR) is 82.4 cm³/mol. The molecule has 1 aliphatic carbocycles. The van der Waals surface area contributed by atoms with E-state index in [0.29, 0.717) is 5.41 Å². The zero-order chi connectivity index (χ0) is 12.8. The highest BCUT2D eigenvalue weighted by Crippen LogP contribution is 2.39. The number of nitrogens with zero attached hydrogens (tertiary/aromatic N) is 1. The molecule has 3 heteroatoms. The summed E-state index contributed by atoms with van der Waals surface area (Å²) in [5, 5.41) is 4.52. The van der Waals surface area contributed by atoms with Gasteiger partial charge in [0.05, 0.1) is 0 Å². The van der Waals surface area contributed by atoms with E-state index in [0.717, 1.165) is 5.25 Å². The van der Waals surface area contributed by atoms with E-state index < -0.39 is 0 Å². The first-order valence-electron chi connectivity index (χ1n) is 7.79. The molecule has 0 spiro atoms. The Bertz CT molecular complexity index is 239. The van der Waals surface area contributed by atoms with E-state index in [4.69, 9.17) is 0 Å². The highest BCUT2D eigenvalue weighted by atomic mass is 32.2. The fourth-order valence-electron chi connectivity index (χ4n) is 3.55. The summed E-state index contributed by atoms with van der Waals surface area (Å²) >= 11 is 2.14. The fraction of sp³-hybridized carbons (Fsp3) is 1.00. The monoisotopic (exact) mass is 270 g/mol. The highest BCUT2D eigenvalue weighted by molar-refractivity contribution is 7.99. The quantitative estimate of drug-likeness (QED) is 0.747. The van der Waals surface area contributed by atoms with E-state index in [1.54, 1.807) is 0 Å². The van der Waals surface area contributed by atoms with Crippen LogP contribution in [0, 0.1) is 5.41 Å². The molecule has 1 saturated heterocycles. The molecule has 1 aliphatic heterocycles. The second-order valence-electron chi connectivity index (χ2n) is 6.30. The van der Waals surface area contributed by atoms with Crippen LogP contribution >= 0.6 is 11.8 Å². The second kappa shape index (κ2) is 7.16. The van der Waals surface area contributed by atoms with Crippen molar-refractivity contribution in [3.05, 3.63) is 0 Å². The summed E-state index contributed by atoms with van der Waals surface area (Å²) in [7, 11) is 0. The zero-order valence-corrected chi connectivity index (χ0v) is 13.0. The molecule has 2 rings (SSSR count). The molecule has 0 aromatic carbocycles. The largest absolute Gasteiger partial charge is 0.316 e. The first-order valence-corrected chi connectivity index (χ1v) is 8.84. The van der Waals surface area contributed by atoms with Crippen molar-refractivity contribution in [1.82, 2.24) is 10.2 Å². The van der Waals surface area contributed by atoms with E-state index in [-0.39, 0.29) is 0 Å². The maximum atomic E-state index is 3.69. The van der Waals surface area contributed by atoms with Gasteiger partial charge in [-0.1, -0.05) is 26.7 Å². The smallest absolute Gasteiger partial charge is 0.0147 e. The van der Waals surface area contributed by atoms with Crippen LogP contribution in [0.5, 0.6) is 0 Å². The van der Waals surface area contributed by atoms with Crippen molar-refractivity contribution in [2.75, 3.05) is 38.5 Å². The van der Waals surface area contributed by atoms with E-state index in [1.165, 1.54) is 70.6 Å². The molecule has 0 radical (unpaired) electrons. The van der Waals surface area contributed by atoms with Crippen molar-refractivity contribution in [3.8, 4) is 0 Å². The number of hydrogen-bond acceptors (Lipinski definition) is 3. The molecule has 1 saturated carbocycles. The summed E-state index contributed by atoms with van der Waals surface area (Å²) in [5.74, 6) is 1.33. The first-order chi connectivity index (χ1) is 8.74. The molecular weight excluding hydrogens is 240 g/mol. The van der Waals surface area contributed by atoms with Crippen LogP contribution in [0.4, 0.5) is 0 Å². The highest BCUT2D eigenvalue weighted by Gasteiger charge is 2.35. The van der Waals surface area contributed by atoms with Gasteiger partial charge in [-0.15, -0.1) is 0 Å². The Labute approximate surface area is 117 Å². The van der Waals surface area contributed by atoms with Crippen LogP contribution in [0.1, 0.15) is 46.0 Å². The van der Waals surface area contributed by atoms with Gasteiger partial charge < -0.3 is 10.2 Å². The molecule has 1 atom stereocenters. The summed E-state index contributed by atoms with van der Waals surface area (Å²) in [6.45, 7) is 11.0. The predicted octanol–water partition coefficient (Wildman–Crippen LogP) is 2.98. The lowest BCUT2D eigenvalue weighted by Crippen LogP contribution is -2.46. The summed E-state index contributed by atoms with van der Waals surface area (Å²) in [5.41, 5.74) is 0.594. The van der Waals surface area contributed by atoms with Gasteiger partial charge in [-0.2, -0.15) is 11.8 Å². The van der Waals surface area contributed by atoms with Crippen molar-refractivity contribution in [2.24, 2.45) is 5.41 Å². The summed E-state index contributed by atoms with van der Waals surface area (Å²) < 4.78 is 0. The first kappa shape index (κ1) is 14.7. The van der Waals surface area contributed by atoms with Crippen LogP contribution in [0.15, 0.2) is 0 Å². The third-order valence-corrected chi connectivity index (χ3v) is 5.61. The Morgan fingerprint density at radius 3 is 2.78 bits per heavy atom. The molecule has 1 unspecified atom stereocenters. The maximum absolute atomic E-state index is 3.69. The standard InChI is InChI=1S/C15H30N2S/c1-3-8-16-12-15(6-4-5-7-15)13-17-9-10-18-14(2)11-17/h14,16H,3-13H2,1-2H3. The van der Waals surface area contributed by atoms with Crippen LogP contribution in [-0.2, 0) is 0 Å². The average Bonchev–Trinajstić information content (AvgIpc) is 2.78. The van der Waals surface area contributed by atoms with Gasteiger partial charge >= 0.3 is 0 Å². The van der Waals surface area contributed by atoms with E-state index in [2.05, 4.69) is 35.8 Å². The van der Waals surface area contributed by atoms with Crippen molar-refractivity contribution < 1.29 is 0 Å². The van der Waals surface area contributed by atoms with Gasteiger partial charge in [0.2, 0.25) is 0 Å². The lowest BCUT2D eigenvalue weighted by molar-refractivity contribution is 0.153. The minimum Gasteiger partial charge on any atom is -0.316 e. The van der Waals surface area contributed by atoms with Gasteiger partial charge in [-0.25, -0.2) is 0 Å². The number of thioether (sulfide) groups is 1. The SMILES string of the molecule is CCCNCC1(CN2CCSC(C)C2)CCCC1. The molecule has 106 valence electrons. The summed E-state index contributed by atoms with van der Waals surface area (Å²) in [6, 6.07) is 0. The minimum absolute atomic E-state index is 0.594. The molecule has 2 fully saturated rings. The molecular formula is C15H30N2S. The molecule has 18 heavy (non-hydrogen) atoms. The third kappa shape index (κ3) is 4.14. The van der Waals surface area contributed by atoms with Crippen molar-refractivity contribution in [1.29, 1.82) is 0 Å². The molecule has 0 aromatic rings. The van der Waals surface area contributed by atoms with Crippen LogP contribution in [0.2, 0.25) is 0 Å². The van der Waals surface area contributed by atoms with Crippen LogP contribution < -0.4 is 5.32 Å². The summed E-state index contributed by atoms with van der Waals surface area (Å²) in [6.07, 6.45) is 7.05.